The lowest BCUT2D eigenvalue weighted by atomic mass is 9.66. The molecule has 0 aliphatic carbocycles. The van der Waals surface area contributed by atoms with Crippen molar-refractivity contribution in [2.75, 3.05) is 32.8 Å². The highest BCUT2D eigenvalue weighted by molar-refractivity contribution is 5.99. The first-order valence-corrected chi connectivity index (χ1v) is 13.7. The number of amides is 3. The Hall–Kier alpha value is -2.97. The van der Waals surface area contributed by atoms with Crippen LogP contribution in [-0.4, -0.2) is 87.6 Å². The molecular weight excluding hydrogens is 482 g/mol. The van der Waals surface area contributed by atoms with Gasteiger partial charge in [0.05, 0.1) is 17.4 Å². The predicted octanol–water partition coefficient (Wildman–Crippen LogP) is 2.77. The van der Waals surface area contributed by atoms with Gasteiger partial charge in [-0.2, -0.15) is 0 Å². The van der Waals surface area contributed by atoms with E-state index in [-0.39, 0.29) is 30.9 Å². The Morgan fingerprint density at radius 2 is 1.82 bits per heavy atom. The molecule has 1 aromatic carbocycles. The number of benzene rings is 1. The highest BCUT2D eigenvalue weighted by Gasteiger charge is 2.78. The summed E-state index contributed by atoms with van der Waals surface area (Å²) in [4.78, 5) is 47.4. The largest absolute Gasteiger partial charge is 0.396 e. The number of hydrogen-bond donors (Lipinski definition) is 1. The molecule has 1 N–H and O–H groups in total. The van der Waals surface area contributed by atoms with Crippen LogP contribution in [0.2, 0.25) is 0 Å². The summed E-state index contributed by atoms with van der Waals surface area (Å²) in [5.41, 5.74) is -0.935. The maximum atomic E-state index is 14.3. The van der Waals surface area contributed by atoms with Crippen molar-refractivity contribution in [1.82, 2.24) is 14.7 Å². The highest BCUT2D eigenvalue weighted by Crippen LogP contribution is 2.63. The third kappa shape index (κ3) is 4.69. The van der Waals surface area contributed by atoms with Crippen molar-refractivity contribution in [3.05, 3.63) is 61.2 Å². The molecule has 3 saturated heterocycles. The van der Waals surface area contributed by atoms with Crippen molar-refractivity contribution in [3.63, 3.8) is 0 Å². The number of likely N-dealkylation sites (tertiary alicyclic amines) is 1. The number of ether oxygens (including phenoxy) is 1. The van der Waals surface area contributed by atoms with Gasteiger partial charge in [-0.05, 0) is 38.2 Å². The fourth-order valence-corrected chi connectivity index (χ4v) is 6.84. The normalized spacial score (nSPS) is 29.3. The highest BCUT2D eigenvalue weighted by atomic mass is 16.5. The zero-order chi connectivity index (χ0) is 27.5. The number of carbonyl (C=O) groups is 3. The van der Waals surface area contributed by atoms with Crippen LogP contribution >= 0.6 is 0 Å². The SMILES string of the molecule is C=CCN(Cc1ccccc1)C(=O)C1N(CCCO)C(=O)[C@@H]2[C@@H](C(=O)N(CC=C)CCC)[C@@]3(C)CCC12O3. The summed E-state index contributed by atoms with van der Waals surface area (Å²) in [6.07, 6.45) is 5.63. The van der Waals surface area contributed by atoms with E-state index in [1.54, 1.807) is 26.9 Å². The standard InChI is InChI=1S/C30H41N3O5/c1-5-16-31(17-6-2)26(35)23-24-27(36)33(19-11-20-34)25(30(24)15-14-29(23,4)38-30)28(37)32(18-7-3)21-22-12-9-8-10-13-22/h5,7-10,12-13,23-25,34H,1,3,6,11,14-21H2,2,4H3/t23-,24-,25?,29+,30?/m0/s1. The number of carbonyl (C=O) groups excluding carboxylic acids is 3. The maximum Gasteiger partial charge on any atom is 0.248 e. The van der Waals surface area contributed by atoms with Gasteiger partial charge >= 0.3 is 0 Å². The van der Waals surface area contributed by atoms with Crippen LogP contribution < -0.4 is 0 Å². The van der Waals surface area contributed by atoms with Gasteiger partial charge in [-0.3, -0.25) is 14.4 Å². The molecule has 38 heavy (non-hydrogen) atoms. The van der Waals surface area contributed by atoms with E-state index < -0.39 is 29.1 Å². The molecule has 0 aromatic heterocycles. The summed E-state index contributed by atoms with van der Waals surface area (Å²) in [5.74, 6) is -1.97. The summed E-state index contributed by atoms with van der Waals surface area (Å²) < 4.78 is 6.73. The fourth-order valence-electron chi connectivity index (χ4n) is 6.84. The Kier molecular flexibility index (Phi) is 8.43. The molecule has 5 atom stereocenters. The van der Waals surface area contributed by atoms with Gasteiger partial charge in [-0.25, -0.2) is 0 Å². The average Bonchev–Trinajstić information content (AvgIpc) is 3.47. The van der Waals surface area contributed by atoms with Crippen molar-refractivity contribution >= 4 is 17.7 Å². The molecule has 1 aromatic rings. The first kappa shape index (κ1) is 28.0. The maximum absolute atomic E-state index is 14.3. The number of aliphatic hydroxyl groups is 1. The van der Waals surface area contributed by atoms with Crippen molar-refractivity contribution in [1.29, 1.82) is 0 Å². The van der Waals surface area contributed by atoms with Crippen LogP contribution in [0.15, 0.2) is 55.6 Å². The van der Waals surface area contributed by atoms with E-state index in [4.69, 9.17) is 4.74 Å². The molecule has 3 aliphatic heterocycles. The fraction of sp³-hybridized carbons (Fsp3) is 0.567. The number of hydrogen-bond acceptors (Lipinski definition) is 5. The Morgan fingerprint density at radius 1 is 1.13 bits per heavy atom. The first-order valence-electron chi connectivity index (χ1n) is 13.7. The van der Waals surface area contributed by atoms with E-state index in [2.05, 4.69) is 13.2 Å². The monoisotopic (exact) mass is 523 g/mol. The van der Waals surface area contributed by atoms with Gasteiger partial charge < -0.3 is 24.5 Å². The summed E-state index contributed by atoms with van der Waals surface area (Å²) in [5, 5.41) is 9.58. The van der Waals surface area contributed by atoms with Crippen molar-refractivity contribution in [3.8, 4) is 0 Å². The molecular formula is C30H41N3O5. The van der Waals surface area contributed by atoms with Gasteiger partial charge in [-0.1, -0.05) is 49.4 Å². The molecule has 3 amide bonds. The second-order valence-corrected chi connectivity index (χ2v) is 10.9. The van der Waals surface area contributed by atoms with Crippen LogP contribution in [0.3, 0.4) is 0 Å². The number of rotatable bonds is 13. The lowest BCUT2D eigenvalue weighted by molar-refractivity contribution is -0.153. The van der Waals surface area contributed by atoms with E-state index in [0.29, 0.717) is 45.4 Å². The molecule has 2 unspecified atom stereocenters. The average molecular weight is 524 g/mol. The first-order chi connectivity index (χ1) is 18.3. The second kappa shape index (κ2) is 11.4. The number of aliphatic hydroxyl groups excluding tert-OH is 1. The smallest absolute Gasteiger partial charge is 0.248 e. The Labute approximate surface area is 225 Å². The predicted molar refractivity (Wildman–Crippen MR) is 145 cm³/mol. The molecule has 4 rings (SSSR count). The topological polar surface area (TPSA) is 90.4 Å². The van der Waals surface area contributed by atoms with Gasteiger partial charge in [0.15, 0.2) is 0 Å². The third-order valence-corrected chi connectivity index (χ3v) is 8.37. The Bertz CT molecular complexity index is 1060. The van der Waals surface area contributed by atoms with E-state index in [9.17, 15) is 19.5 Å². The molecule has 8 heteroatoms. The summed E-state index contributed by atoms with van der Waals surface area (Å²) in [7, 11) is 0. The zero-order valence-electron chi connectivity index (χ0n) is 22.7. The molecule has 0 radical (unpaired) electrons. The molecule has 8 nitrogen and oxygen atoms in total. The van der Waals surface area contributed by atoms with Crippen LogP contribution in [0.5, 0.6) is 0 Å². The second-order valence-electron chi connectivity index (χ2n) is 10.9. The van der Waals surface area contributed by atoms with Crippen molar-refractivity contribution in [2.24, 2.45) is 11.8 Å². The van der Waals surface area contributed by atoms with Gasteiger partial charge in [0.1, 0.15) is 11.6 Å². The molecule has 2 bridgehead atoms. The lowest BCUT2D eigenvalue weighted by Crippen LogP contribution is -2.56. The minimum Gasteiger partial charge on any atom is -0.396 e. The third-order valence-electron chi connectivity index (χ3n) is 8.37. The van der Waals surface area contributed by atoms with Gasteiger partial charge in [0.25, 0.3) is 0 Å². The van der Waals surface area contributed by atoms with E-state index in [1.807, 2.05) is 44.2 Å². The van der Waals surface area contributed by atoms with Crippen LogP contribution in [0.4, 0.5) is 0 Å². The summed E-state index contributed by atoms with van der Waals surface area (Å²) >= 11 is 0. The van der Waals surface area contributed by atoms with Crippen LogP contribution in [-0.2, 0) is 25.7 Å². The van der Waals surface area contributed by atoms with E-state index in [0.717, 1.165) is 12.0 Å². The molecule has 3 aliphatic rings. The minimum atomic E-state index is -1.08. The molecule has 3 heterocycles. The van der Waals surface area contributed by atoms with Crippen molar-refractivity contribution in [2.45, 2.75) is 63.3 Å². The van der Waals surface area contributed by atoms with Crippen LogP contribution in [0, 0.1) is 11.8 Å². The molecule has 206 valence electrons. The Balaban J connectivity index is 1.74. The Morgan fingerprint density at radius 3 is 2.45 bits per heavy atom. The van der Waals surface area contributed by atoms with Gasteiger partial charge in [0.2, 0.25) is 17.7 Å². The van der Waals surface area contributed by atoms with Gasteiger partial charge in [0, 0.05) is 39.3 Å². The molecule has 1 spiro atoms. The number of fused-ring (bicyclic) bond motifs is 1. The van der Waals surface area contributed by atoms with Gasteiger partial charge in [-0.15, -0.1) is 13.2 Å². The molecule has 0 saturated carbocycles. The number of nitrogens with zero attached hydrogens (tertiary/aromatic N) is 3. The lowest BCUT2D eigenvalue weighted by Gasteiger charge is -2.37. The molecule has 3 fully saturated rings. The zero-order valence-corrected chi connectivity index (χ0v) is 22.7. The summed E-state index contributed by atoms with van der Waals surface area (Å²) in [6.45, 7) is 13.3. The van der Waals surface area contributed by atoms with E-state index >= 15 is 0 Å². The van der Waals surface area contributed by atoms with Crippen LogP contribution in [0.1, 0.15) is 45.1 Å². The van der Waals surface area contributed by atoms with Crippen LogP contribution in [0.25, 0.3) is 0 Å². The van der Waals surface area contributed by atoms with E-state index in [1.165, 1.54) is 0 Å². The minimum absolute atomic E-state index is 0.104. The summed E-state index contributed by atoms with van der Waals surface area (Å²) in [6, 6.07) is 8.84. The van der Waals surface area contributed by atoms with Crippen molar-refractivity contribution < 1.29 is 24.2 Å². The quantitative estimate of drug-likeness (QED) is 0.402.